The maximum atomic E-state index is 10.9. The van der Waals surface area contributed by atoms with Gasteiger partial charge in [-0.1, -0.05) is 26.2 Å². The quantitative estimate of drug-likeness (QED) is 0.644. The van der Waals surface area contributed by atoms with Crippen molar-refractivity contribution >= 4 is 11.9 Å². The third kappa shape index (κ3) is 3.44. The topological polar surface area (TPSA) is 58.2 Å². The number of hydrogen-bond acceptors (Lipinski definition) is 2. The number of rotatable bonds is 4. The molecule has 1 rings (SSSR count). The average molecular weight is 184 g/mol. The standard InChI is InChI=1S/C9H16N2O2/c1-2-3-4-5-7-6-8(12)11-9(13)10-7/h7H,2-6H2,1H3,(H2,10,11,12,13)/t7-/m1/s1. The fourth-order valence-corrected chi connectivity index (χ4v) is 1.49. The number of carbonyl (C=O) groups is 2. The van der Waals surface area contributed by atoms with E-state index < -0.39 is 0 Å². The molecule has 1 atom stereocenters. The van der Waals surface area contributed by atoms with Crippen LogP contribution in [0.25, 0.3) is 0 Å². The van der Waals surface area contributed by atoms with Crippen LogP contribution < -0.4 is 10.6 Å². The SMILES string of the molecule is CCCCC[C@@H]1CC(=O)NC(=O)N1. The molecule has 1 aliphatic rings. The predicted molar refractivity (Wildman–Crippen MR) is 49.2 cm³/mol. The minimum Gasteiger partial charge on any atom is -0.335 e. The van der Waals surface area contributed by atoms with E-state index in [1.165, 1.54) is 0 Å². The Bertz CT molecular complexity index is 188. The predicted octanol–water partition coefficient (Wildman–Crippen LogP) is 1.16. The summed E-state index contributed by atoms with van der Waals surface area (Å²) in [6.45, 7) is 2.13. The molecule has 4 heteroatoms. The Labute approximate surface area is 78.1 Å². The van der Waals surface area contributed by atoms with E-state index >= 15 is 0 Å². The zero-order valence-electron chi connectivity index (χ0n) is 7.93. The summed E-state index contributed by atoms with van der Waals surface area (Å²) in [5, 5.41) is 4.95. The molecule has 2 N–H and O–H groups in total. The van der Waals surface area contributed by atoms with Crippen LogP contribution in [0, 0.1) is 0 Å². The van der Waals surface area contributed by atoms with Gasteiger partial charge < -0.3 is 5.32 Å². The van der Waals surface area contributed by atoms with Crippen molar-refractivity contribution in [3.63, 3.8) is 0 Å². The van der Waals surface area contributed by atoms with Crippen LogP contribution in [-0.2, 0) is 4.79 Å². The average Bonchev–Trinajstić information content (AvgIpc) is 2.03. The van der Waals surface area contributed by atoms with E-state index in [0.29, 0.717) is 6.42 Å². The Morgan fingerprint density at radius 2 is 2.15 bits per heavy atom. The van der Waals surface area contributed by atoms with E-state index in [4.69, 9.17) is 0 Å². The van der Waals surface area contributed by atoms with Crippen molar-refractivity contribution in [2.24, 2.45) is 0 Å². The number of unbranched alkanes of at least 4 members (excludes halogenated alkanes) is 2. The first-order chi connectivity index (χ1) is 6.22. The van der Waals surface area contributed by atoms with Crippen molar-refractivity contribution in [1.29, 1.82) is 0 Å². The number of hydrogen-bond donors (Lipinski definition) is 2. The first-order valence-electron chi connectivity index (χ1n) is 4.82. The first-order valence-corrected chi connectivity index (χ1v) is 4.82. The molecule has 0 aromatic heterocycles. The minimum absolute atomic E-state index is 0.0489. The van der Waals surface area contributed by atoms with Crippen molar-refractivity contribution in [3.05, 3.63) is 0 Å². The molecule has 0 aliphatic carbocycles. The second kappa shape index (κ2) is 4.84. The zero-order chi connectivity index (χ0) is 9.68. The molecule has 0 radical (unpaired) electrons. The lowest BCUT2D eigenvalue weighted by atomic mass is 10.0. The molecule has 13 heavy (non-hydrogen) atoms. The summed E-state index contributed by atoms with van der Waals surface area (Å²) in [6, 6.07) is -0.300. The fourth-order valence-electron chi connectivity index (χ4n) is 1.49. The summed E-state index contributed by atoms with van der Waals surface area (Å²) in [6.07, 6.45) is 4.73. The summed E-state index contributed by atoms with van der Waals surface area (Å²) in [4.78, 5) is 21.8. The molecule has 1 fully saturated rings. The van der Waals surface area contributed by atoms with Crippen LogP contribution in [0.3, 0.4) is 0 Å². The zero-order valence-corrected chi connectivity index (χ0v) is 7.93. The van der Waals surface area contributed by atoms with E-state index in [9.17, 15) is 9.59 Å². The number of nitrogens with one attached hydrogen (secondary N) is 2. The van der Waals surface area contributed by atoms with Crippen molar-refractivity contribution < 1.29 is 9.59 Å². The number of urea groups is 1. The Kier molecular flexibility index (Phi) is 3.73. The number of carbonyl (C=O) groups excluding carboxylic acids is 2. The van der Waals surface area contributed by atoms with Gasteiger partial charge in [0.25, 0.3) is 0 Å². The van der Waals surface area contributed by atoms with Crippen LogP contribution in [-0.4, -0.2) is 18.0 Å². The van der Waals surface area contributed by atoms with Crippen molar-refractivity contribution in [2.75, 3.05) is 0 Å². The normalized spacial score (nSPS) is 22.4. The second-order valence-corrected chi connectivity index (χ2v) is 3.42. The summed E-state index contributed by atoms with van der Waals surface area (Å²) in [7, 11) is 0. The van der Waals surface area contributed by atoms with Gasteiger partial charge in [-0.3, -0.25) is 10.1 Å². The van der Waals surface area contributed by atoms with Gasteiger partial charge in [-0.2, -0.15) is 0 Å². The van der Waals surface area contributed by atoms with Crippen molar-refractivity contribution in [2.45, 2.75) is 45.1 Å². The third-order valence-electron chi connectivity index (χ3n) is 2.18. The summed E-state index contributed by atoms with van der Waals surface area (Å²) in [5.41, 5.74) is 0. The Morgan fingerprint density at radius 1 is 1.38 bits per heavy atom. The molecule has 0 aromatic carbocycles. The Balaban J connectivity index is 2.25. The maximum Gasteiger partial charge on any atom is 0.321 e. The van der Waals surface area contributed by atoms with Gasteiger partial charge in [0.1, 0.15) is 0 Å². The molecule has 0 unspecified atom stereocenters. The molecule has 74 valence electrons. The van der Waals surface area contributed by atoms with Gasteiger partial charge in [-0.15, -0.1) is 0 Å². The summed E-state index contributed by atoms with van der Waals surface area (Å²) in [5.74, 6) is -0.162. The highest BCUT2D eigenvalue weighted by Crippen LogP contribution is 2.08. The molecule has 4 nitrogen and oxygen atoms in total. The lowest BCUT2D eigenvalue weighted by Gasteiger charge is -2.22. The molecule has 1 saturated heterocycles. The molecule has 0 saturated carbocycles. The van der Waals surface area contributed by atoms with Crippen LogP contribution in [0.2, 0.25) is 0 Å². The summed E-state index contributed by atoms with van der Waals surface area (Å²) >= 11 is 0. The van der Waals surface area contributed by atoms with Gasteiger partial charge in [0.15, 0.2) is 0 Å². The number of imide groups is 1. The second-order valence-electron chi connectivity index (χ2n) is 3.42. The van der Waals surface area contributed by atoms with Crippen molar-refractivity contribution in [1.82, 2.24) is 10.6 Å². The van der Waals surface area contributed by atoms with Crippen LogP contribution in [0.4, 0.5) is 4.79 Å². The fraction of sp³-hybridized carbons (Fsp3) is 0.778. The van der Waals surface area contributed by atoms with Gasteiger partial charge in [-0.25, -0.2) is 4.79 Å². The van der Waals surface area contributed by atoms with Crippen molar-refractivity contribution in [3.8, 4) is 0 Å². The first kappa shape index (κ1) is 10.0. The van der Waals surface area contributed by atoms with Gasteiger partial charge in [-0.05, 0) is 6.42 Å². The van der Waals surface area contributed by atoms with Gasteiger partial charge in [0.05, 0.1) is 0 Å². The minimum atomic E-state index is -0.349. The Morgan fingerprint density at radius 3 is 2.77 bits per heavy atom. The highest BCUT2D eigenvalue weighted by Gasteiger charge is 2.22. The van der Waals surface area contributed by atoms with Gasteiger partial charge in [0, 0.05) is 12.5 Å². The van der Waals surface area contributed by atoms with E-state index in [-0.39, 0.29) is 18.0 Å². The van der Waals surface area contributed by atoms with Gasteiger partial charge >= 0.3 is 6.03 Å². The largest absolute Gasteiger partial charge is 0.335 e. The van der Waals surface area contributed by atoms with Crippen LogP contribution in [0.15, 0.2) is 0 Å². The third-order valence-corrected chi connectivity index (χ3v) is 2.18. The Hall–Kier alpha value is -1.06. The molecule has 0 bridgehead atoms. The van der Waals surface area contributed by atoms with Crippen LogP contribution >= 0.6 is 0 Å². The van der Waals surface area contributed by atoms with Gasteiger partial charge in [0.2, 0.25) is 5.91 Å². The molecule has 1 heterocycles. The molecule has 1 aliphatic heterocycles. The molecule has 0 spiro atoms. The van der Waals surface area contributed by atoms with E-state index in [2.05, 4.69) is 17.6 Å². The maximum absolute atomic E-state index is 10.9. The molecule has 0 aromatic rings. The van der Waals surface area contributed by atoms with Crippen LogP contribution in [0.1, 0.15) is 39.0 Å². The monoisotopic (exact) mass is 184 g/mol. The highest BCUT2D eigenvalue weighted by molar-refractivity contribution is 5.97. The highest BCUT2D eigenvalue weighted by atomic mass is 16.2. The summed E-state index contributed by atoms with van der Waals surface area (Å²) < 4.78 is 0. The van der Waals surface area contributed by atoms with E-state index in [0.717, 1.165) is 25.7 Å². The molecular weight excluding hydrogens is 168 g/mol. The lowest BCUT2D eigenvalue weighted by molar-refractivity contribution is -0.121. The van der Waals surface area contributed by atoms with E-state index in [1.807, 2.05) is 0 Å². The van der Waals surface area contributed by atoms with E-state index in [1.54, 1.807) is 0 Å². The van der Waals surface area contributed by atoms with Crippen LogP contribution in [0.5, 0.6) is 0 Å². The lowest BCUT2D eigenvalue weighted by Crippen LogP contribution is -2.52. The molecular formula is C9H16N2O2. The smallest absolute Gasteiger partial charge is 0.321 e. The molecule has 3 amide bonds. The number of amides is 3.